The Labute approximate surface area is 132 Å². The molecule has 104 valence electrons. The van der Waals surface area contributed by atoms with E-state index < -0.39 is 0 Å². The third-order valence-corrected chi connectivity index (χ3v) is 4.79. The van der Waals surface area contributed by atoms with Crippen LogP contribution in [0.15, 0.2) is 24.3 Å². The Hall–Kier alpha value is -1.17. The maximum atomic E-state index is 6.09. The molecule has 1 aromatic carbocycles. The maximum Gasteiger partial charge on any atom is 0.189 e. The zero-order chi connectivity index (χ0) is 13.9. The number of thiocarbonyl (C=S) groups is 1. The highest BCUT2D eigenvalue weighted by Crippen LogP contribution is 2.29. The van der Waals surface area contributed by atoms with Gasteiger partial charge in [0.15, 0.2) is 10.2 Å². The van der Waals surface area contributed by atoms with E-state index in [9.17, 15) is 0 Å². The zero-order valence-electron chi connectivity index (χ0n) is 10.8. The van der Waals surface area contributed by atoms with Crippen molar-refractivity contribution >= 4 is 51.1 Å². The molecule has 1 heterocycles. The van der Waals surface area contributed by atoms with E-state index in [1.165, 1.54) is 23.4 Å². The number of benzene rings is 1. The van der Waals surface area contributed by atoms with Crippen molar-refractivity contribution in [3.05, 3.63) is 39.9 Å². The second-order valence-electron chi connectivity index (χ2n) is 4.65. The molecule has 0 radical (unpaired) electrons. The summed E-state index contributed by atoms with van der Waals surface area (Å²) in [4.78, 5) is 5.99. The Kier molecular flexibility index (Phi) is 4.19. The fourth-order valence-corrected chi connectivity index (χ4v) is 3.73. The van der Waals surface area contributed by atoms with Gasteiger partial charge in [0.1, 0.15) is 0 Å². The number of anilines is 2. The Balaban J connectivity index is 1.67. The highest BCUT2D eigenvalue weighted by molar-refractivity contribution is 7.80. The van der Waals surface area contributed by atoms with Gasteiger partial charge in [-0.2, -0.15) is 0 Å². The molecule has 0 fully saturated rings. The van der Waals surface area contributed by atoms with Crippen LogP contribution in [0.5, 0.6) is 0 Å². The molecule has 0 saturated carbocycles. The van der Waals surface area contributed by atoms with E-state index in [1.807, 2.05) is 24.3 Å². The number of aryl methyl sites for hydroxylation is 2. The topological polar surface area (TPSA) is 37.0 Å². The van der Waals surface area contributed by atoms with Crippen LogP contribution in [0, 0.1) is 0 Å². The van der Waals surface area contributed by atoms with Gasteiger partial charge in [-0.1, -0.05) is 23.7 Å². The molecule has 0 bridgehead atoms. The van der Waals surface area contributed by atoms with Gasteiger partial charge in [0, 0.05) is 4.88 Å². The lowest BCUT2D eigenvalue weighted by Crippen LogP contribution is -2.19. The van der Waals surface area contributed by atoms with Gasteiger partial charge in [0.2, 0.25) is 0 Å². The molecule has 0 spiro atoms. The van der Waals surface area contributed by atoms with E-state index in [0.29, 0.717) is 10.1 Å². The molecule has 3 rings (SSSR count). The minimum absolute atomic E-state index is 0.518. The summed E-state index contributed by atoms with van der Waals surface area (Å²) in [7, 11) is 0. The van der Waals surface area contributed by atoms with Crippen molar-refractivity contribution < 1.29 is 0 Å². The molecule has 2 aromatic rings. The van der Waals surface area contributed by atoms with E-state index in [0.717, 1.165) is 23.7 Å². The third-order valence-electron chi connectivity index (χ3n) is 3.19. The van der Waals surface area contributed by atoms with Crippen molar-refractivity contribution in [2.45, 2.75) is 25.7 Å². The summed E-state index contributed by atoms with van der Waals surface area (Å²) < 4.78 is 0. The van der Waals surface area contributed by atoms with Crippen LogP contribution in [0.1, 0.15) is 23.4 Å². The van der Waals surface area contributed by atoms with E-state index in [4.69, 9.17) is 23.8 Å². The van der Waals surface area contributed by atoms with Gasteiger partial charge in [-0.15, -0.1) is 11.3 Å². The number of para-hydroxylation sites is 1. The Morgan fingerprint density at radius 2 is 2.00 bits per heavy atom. The Bertz CT molecular complexity index is 616. The van der Waals surface area contributed by atoms with Crippen molar-refractivity contribution in [2.75, 3.05) is 10.6 Å². The van der Waals surface area contributed by atoms with Crippen LogP contribution in [0.3, 0.4) is 0 Å². The van der Waals surface area contributed by atoms with Crippen molar-refractivity contribution in [2.24, 2.45) is 0 Å². The van der Waals surface area contributed by atoms with Crippen LogP contribution >= 0.6 is 35.2 Å². The summed E-state index contributed by atoms with van der Waals surface area (Å²) in [6.45, 7) is 0. The van der Waals surface area contributed by atoms with Crippen LogP contribution in [0.25, 0.3) is 0 Å². The molecular weight excluding hydrogens is 310 g/mol. The van der Waals surface area contributed by atoms with Gasteiger partial charge in [-0.25, -0.2) is 4.98 Å². The fourth-order valence-electron chi connectivity index (χ4n) is 2.22. The molecule has 20 heavy (non-hydrogen) atoms. The molecule has 3 nitrogen and oxygen atoms in total. The number of thiazole rings is 1. The van der Waals surface area contributed by atoms with Gasteiger partial charge in [0.05, 0.1) is 16.4 Å². The molecule has 1 aromatic heterocycles. The number of nitrogens with zero attached hydrogens (tertiary/aromatic N) is 1. The average Bonchev–Trinajstić information content (AvgIpc) is 2.83. The SMILES string of the molecule is S=C(Nc1nc2c(s1)CCCC2)Nc1ccccc1Cl. The molecule has 0 saturated heterocycles. The highest BCUT2D eigenvalue weighted by atomic mass is 35.5. The summed E-state index contributed by atoms with van der Waals surface area (Å²) in [6, 6.07) is 7.52. The van der Waals surface area contributed by atoms with Crippen molar-refractivity contribution in [3.63, 3.8) is 0 Å². The molecule has 0 amide bonds. The van der Waals surface area contributed by atoms with Gasteiger partial charge in [-0.05, 0) is 50.0 Å². The minimum atomic E-state index is 0.518. The second-order valence-corrected chi connectivity index (χ2v) is 6.55. The summed E-state index contributed by atoms with van der Waals surface area (Å²) in [5.74, 6) is 0. The molecule has 0 atom stereocenters. The predicted molar refractivity (Wildman–Crippen MR) is 90.1 cm³/mol. The molecular formula is C14H14ClN3S2. The quantitative estimate of drug-likeness (QED) is 0.799. The molecule has 6 heteroatoms. The number of hydrogen-bond acceptors (Lipinski definition) is 3. The Morgan fingerprint density at radius 3 is 2.80 bits per heavy atom. The van der Waals surface area contributed by atoms with Gasteiger partial charge in [0.25, 0.3) is 0 Å². The van der Waals surface area contributed by atoms with Crippen LogP contribution in [-0.4, -0.2) is 10.1 Å². The number of rotatable bonds is 2. The lowest BCUT2D eigenvalue weighted by molar-refractivity contribution is 0.683. The normalized spacial score (nSPS) is 13.7. The summed E-state index contributed by atoms with van der Waals surface area (Å²) in [6.07, 6.45) is 4.72. The number of fused-ring (bicyclic) bond motifs is 1. The first-order chi connectivity index (χ1) is 9.72. The fraction of sp³-hybridized carbons (Fsp3) is 0.286. The number of aromatic nitrogens is 1. The van der Waals surface area contributed by atoms with Crippen LogP contribution in [-0.2, 0) is 12.8 Å². The highest BCUT2D eigenvalue weighted by Gasteiger charge is 2.15. The maximum absolute atomic E-state index is 6.09. The van der Waals surface area contributed by atoms with Crippen molar-refractivity contribution in [1.82, 2.24) is 4.98 Å². The standard InChI is InChI=1S/C14H14ClN3S2/c15-9-5-1-2-6-10(9)16-13(19)18-14-17-11-7-3-4-8-12(11)20-14/h1-2,5-6H,3-4,7-8H2,(H2,16,17,18,19). The van der Waals surface area contributed by atoms with Gasteiger partial charge < -0.3 is 10.6 Å². The predicted octanol–water partition coefficient (Wildman–Crippen LogP) is 4.48. The van der Waals surface area contributed by atoms with E-state index >= 15 is 0 Å². The minimum Gasteiger partial charge on any atom is -0.331 e. The van der Waals surface area contributed by atoms with E-state index in [1.54, 1.807) is 11.3 Å². The largest absolute Gasteiger partial charge is 0.331 e. The van der Waals surface area contributed by atoms with E-state index in [-0.39, 0.29) is 0 Å². The van der Waals surface area contributed by atoms with Crippen molar-refractivity contribution in [3.8, 4) is 0 Å². The third kappa shape index (κ3) is 3.11. The summed E-state index contributed by atoms with van der Waals surface area (Å²) >= 11 is 13.1. The number of hydrogen-bond donors (Lipinski definition) is 2. The molecule has 1 aliphatic rings. The first-order valence-electron chi connectivity index (χ1n) is 6.53. The number of halogens is 1. The van der Waals surface area contributed by atoms with Gasteiger partial charge >= 0.3 is 0 Å². The number of nitrogens with one attached hydrogen (secondary N) is 2. The second kappa shape index (κ2) is 6.08. The average molecular weight is 324 g/mol. The monoisotopic (exact) mass is 323 g/mol. The summed E-state index contributed by atoms with van der Waals surface area (Å²) in [5.41, 5.74) is 2.03. The molecule has 1 aliphatic carbocycles. The lowest BCUT2D eigenvalue weighted by atomic mass is 10.0. The molecule has 2 N–H and O–H groups in total. The van der Waals surface area contributed by atoms with Crippen LogP contribution in [0.2, 0.25) is 5.02 Å². The zero-order valence-corrected chi connectivity index (χ0v) is 13.2. The summed E-state index contributed by atoms with van der Waals surface area (Å²) in [5, 5.41) is 8.27. The molecule has 0 unspecified atom stereocenters. The smallest absolute Gasteiger partial charge is 0.189 e. The van der Waals surface area contributed by atoms with E-state index in [2.05, 4.69) is 15.6 Å². The van der Waals surface area contributed by atoms with Crippen LogP contribution < -0.4 is 10.6 Å². The first kappa shape index (κ1) is 13.8. The molecule has 0 aliphatic heterocycles. The first-order valence-corrected chi connectivity index (χ1v) is 8.14. The van der Waals surface area contributed by atoms with Crippen LogP contribution in [0.4, 0.5) is 10.8 Å². The Morgan fingerprint density at radius 1 is 1.20 bits per heavy atom. The lowest BCUT2D eigenvalue weighted by Gasteiger charge is -2.09. The van der Waals surface area contributed by atoms with Crippen molar-refractivity contribution in [1.29, 1.82) is 0 Å². The van der Waals surface area contributed by atoms with Gasteiger partial charge in [-0.3, -0.25) is 0 Å².